The first-order valence-electron chi connectivity index (χ1n) is 19.3. The number of Topliss-reactive ketones (excluding diaryl/α,β-unsaturated/α-hetero) is 1. The fourth-order valence-corrected chi connectivity index (χ4v) is 6.45. The number of carbonyl (C=O) groups excluding carboxylic acids is 6. The molecule has 2 aromatic carbocycles. The third-order valence-electron chi connectivity index (χ3n) is 9.79. The van der Waals surface area contributed by atoms with E-state index in [-0.39, 0.29) is 37.1 Å². The molecule has 4 atom stereocenters. The molecule has 12 nitrogen and oxygen atoms in total. The molecule has 1 aliphatic rings. The molecule has 0 saturated heterocycles. The largest absolute Gasteiger partial charge is 0.351 e. The molecule has 0 spiro atoms. The summed E-state index contributed by atoms with van der Waals surface area (Å²) in [6.45, 7) is 5.02. The Morgan fingerprint density at radius 1 is 0.778 bits per heavy atom. The molecule has 12 heteroatoms. The van der Waals surface area contributed by atoms with E-state index in [1.165, 1.54) is 31.7 Å². The Labute approximate surface area is 320 Å². The number of ketones is 1. The zero-order valence-corrected chi connectivity index (χ0v) is 32.4. The minimum atomic E-state index is -1.04. The summed E-state index contributed by atoms with van der Waals surface area (Å²) in [6, 6.07) is 15.0. The van der Waals surface area contributed by atoms with Crippen LogP contribution in [0.4, 0.5) is 0 Å². The molecular formula is C42H60N6O6. The number of aryl methyl sites for hydroxylation is 1. The number of nitrogens with one attached hydrogen (secondary N) is 4. The van der Waals surface area contributed by atoms with Crippen molar-refractivity contribution in [1.29, 1.82) is 0 Å². The predicted molar refractivity (Wildman–Crippen MR) is 210 cm³/mol. The molecule has 3 rings (SSSR count). The second kappa shape index (κ2) is 23.1. The molecule has 1 fully saturated rings. The second-order valence-electron chi connectivity index (χ2n) is 14.7. The van der Waals surface area contributed by atoms with E-state index in [4.69, 9.17) is 5.73 Å². The van der Waals surface area contributed by atoms with Gasteiger partial charge >= 0.3 is 0 Å². The van der Waals surface area contributed by atoms with E-state index >= 15 is 0 Å². The van der Waals surface area contributed by atoms with E-state index in [0.29, 0.717) is 19.3 Å². The van der Waals surface area contributed by atoms with E-state index in [2.05, 4.69) is 21.3 Å². The highest BCUT2D eigenvalue weighted by Gasteiger charge is 2.32. The molecule has 4 unspecified atom stereocenters. The summed E-state index contributed by atoms with van der Waals surface area (Å²) < 4.78 is 0. The van der Waals surface area contributed by atoms with Crippen LogP contribution >= 0.6 is 0 Å². The van der Waals surface area contributed by atoms with E-state index < -0.39 is 53.7 Å². The van der Waals surface area contributed by atoms with Crippen molar-refractivity contribution >= 4 is 35.3 Å². The number of benzene rings is 2. The van der Waals surface area contributed by atoms with Gasteiger partial charge in [0.15, 0.2) is 0 Å². The third-order valence-corrected chi connectivity index (χ3v) is 9.79. The van der Waals surface area contributed by atoms with E-state index in [9.17, 15) is 28.8 Å². The van der Waals surface area contributed by atoms with Crippen LogP contribution in [0.5, 0.6) is 0 Å². The molecule has 1 aliphatic carbocycles. The van der Waals surface area contributed by atoms with Crippen molar-refractivity contribution < 1.29 is 28.8 Å². The average Bonchev–Trinajstić information content (AvgIpc) is 3.45. The molecule has 5 amide bonds. The van der Waals surface area contributed by atoms with Crippen LogP contribution in [0.25, 0.3) is 0 Å². The predicted octanol–water partition coefficient (Wildman–Crippen LogP) is 3.38. The Hall–Kier alpha value is -4.84. The highest BCUT2D eigenvalue weighted by molar-refractivity contribution is 5.95. The van der Waals surface area contributed by atoms with Crippen LogP contribution in [0.15, 0.2) is 72.8 Å². The maximum absolute atomic E-state index is 13.7. The zero-order valence-electron chi connectivity index (χ0n) is 32.4. The Morgan fingerprint density at radius 2 is 1.39 bits per heavy atom. The van der Waals surface area contributed by atoms with E-state index in [0.717, 1.165) is 36.8 Å². The van der Waals surface area contributed by atoms with Gasteiger partial charge in [-0.15, -0.1) is 0 Å². The van der Waals surface area contributed by atoms with Gasteiger partial charge in [-0.3, -0.25) is 28.8 Å². The molecule has 6 N–H and O–H groups in total. The van der Waals surface area contributed by atoms with Gasteiger partial charge in [0.2, 0.25) is 29.5 Å². The van der Waals surface area contributed by atoms with Gasteiger partial charge in [0.25, 0.3) is 0 Å². The Kier molecular flexibility index (Phi) is 18.6. The molecule has 54 heavy (non-hydrogen) atoms. The quantitative estimate of drug-likeness (QED) is 0.102. The molecule has 2 aromatic rings. The van der Waals surface area contributed by atoms with Crippen molar-refractivity contribution in [3.63, 3.8) is 0 Å². The number of hydrogen-bond acceptors (Lipinski definition) is 7. The highest BCUT2D eigenvalue weighted by Crippen LogP contribution is 2.24. The van der Waals surface area contributed by atoms with Gasteiger partial charge in [-0.1, -0.05) is 112 Å². The van der Waals surface area contributed by atoms with Crippen LogP contribution in [0, 0.1) is 11.8 Å². The van der Waals surface area contributed by atoms with E-state index in [1.807, 2.05) is 60.7 Å². The van der Waals surface area contributed by atoms with Gasteiger partial charge in [0.1, 0.15) is 23.9 Å². The van der Waals surface area contributed by atoms with Crippen LogP contribution in [-0.2, 0) is 41.6 Å². The minimum absolute atomic E-state index is 0.124. The maximum Gasteiger partial charge on any atom is 0.245 e. The number of amides is 5. The van der Waals surface area contributed by atoms with Gasteiger partial charge < -0.3 is 31.9 Å². The molecule has 294 valence electrons. The van der Waals surface area contributed by atoms with Crippen LogP contribution in [0.3, 0.4) is 0 Å². The fraction of sp³-hybridized carbons (Fsp3) is 0.524. The summed E-state index contributed by atoms with van der Waals surface area (Å²) in [4.78, 5) is 80.0. The lowest BCUT2D eigenvalue weighted by atomic mass is 9.93. The summed E-state index contributed by atoms with van der Waals surface area (Å²) in [5, 5.41) is 10.9. The fourth-order valence-electron chi connectivity index (χ4n) is 6.45. The lowest BCUT2D eigenvalue weighted by molar-refractivity contribution is -0.139. The van der Waals surface area contributed by atoms with Crippen molar-refractivity contribution in [3.05, 3.63) is 83.9 Å². The van der Waals surface area contributed by atoms with Crippen molar-refractivity contribution in [2.75, 3.05) is 20.1 Å². The molecule has 0 bridgehead atoms. The Bertz CT molecular complexity index is 1540. The zero-order chi connectivity index (χ0) is 39.5. The van der Waals surface area contributed by atoms with Crippen molar-refractivity contribution in [1.82, 2.24) is 26.2 Å². The first-order valence-corrected chi connectivity index (χ1v) is 19.3. The lowest BCUT2D eigenvalue weighted by Crippen LogP contribution is -2.59. The van der Waals surface area contributed by atoms with Gasteiger partial charge in [-0.25, -0.2) is 0 Å². The van der Waals surface area contributed by atoms with Gasteiger partial charge in [-0.05, 0) is 49.7 Å². The number of nitrogens with two attached hydrogens (primary N) is 1. The monoisotopic (exact) mass is 744 g/mol. The first kappa shape index (κ1) is 43.6. The highest BCUT2D eigenvalue weighted by atomic mass is 16.2. The van der Waals surface area contributed by atoms with Crippen molar-refractivity contribution in [2.45, 2.75) is 109 Å². The average molecular weight is 745 g/mol. The summed E-state index contributed by atoms with van der Waals surface area (Å²) >= 11 is 0. The van der Waals surface area contributed by atoms with Gasteiger partial charge in [0.05, 0.1) is 12.6 Å². The van der Waals surface area contributed by atoms with Crippen LogP contribution in [0.1, 0.15) is 83.3 Å². The van der Waals surface area contributed by atoms with Crippen LogP contribution in [-0.4, -0.2) is 84.5 Å². The minimum Gasteiger partial charge on any atom is -0.351 e. The summed E-state index contributed by atoms with van der Waals surface area (Å²) in [7, 11) is 1.49. The van der Waals surface area contributed by atoms with Crippen molar-refractivity contribution in [2.24, 2.45) is 17.6 Å². The number of allylic oxidation sites excluding steroid dienone is 1. The SMILES string of the molecule is CC(NC(=O)C(N)CCc1ccccc1)C(=O)NC(C(=O)NC(Cc1ccccc1)C(=O)N(C)CC(=O)NC/C=C/CC(=O)C1CCCCCC1)C(C)C. The standard InChI is InChI=1S/C42H60N6O6/c1-29(2)38(47-39(51)30(3)45-40(52)34(43)25-24-31-17-9-7-10-18-31)41(53)46-35(27-32-19-11-8-12-20-32)42(54)48(4)28-37(50)44-26-16-15-23-36(49)33-21-13-5-6-14-22-33/h7-12,15-20,29-30,33-35,38H,5-6,13-14,21-28,43H2,1-4H3,(H,44,50)(H,45,52)(H,46,53)(H,47,51)/b16-15+. The Morgan fingerprint density at radius 3 is 2.00 bits per heavy atom. The Balaban J connectivity index is 1.55. The number of nitrogens with zero attached hydrogens (tertiary/aromatic N) is 1. The number of carbonyl (C=O) groups is 6. The van der Waals surface area contributed by atoms with Crippen LogP contribution in [0.2, 0.25) is 0 Å². The smallest absolute Gasteiger partial charge is 0.245 e. The van der Waals surface area contributed by atoms with Crippen LogP contribution < -0.4 is 27.0 Å². The number of rotatable bonds is 20. The number of likely N-dealkylation sites (N-methyl/N-ethyl adjacent to an activating group) is 1. The topological polar surface area (TPSA) is 180 Å². The molecule has 0 aliphatic heterocycles. The summed E-state index contributed by atoms with van der Waals surface area (Å²) in [6.07, 6.45) is 11.5. The number of hydrogen-bond donors (Lipinski definition) is 5. The molecule has 0 heterocycles. The third kappa shape index (κ3) is 15.3. The van der Waals surface area contributed by atoms with Gasteiger partial charge in [0, 0.05) is 32.4 Å². The summed E-state index contributed by atoms with van der Waals surface area (Å²) in [5.74, 6) is -2.50. The van der Waals surface area contributed by atoms with Crippen molar-refractivity contribution in [3.8, 4) is 0 Å². The molecule has 1 saturated carbocycles. The molecular weight excluding hydrogens is 684 g/mol. The normalized spacial score (nSPS) is 15.7. The molecule has 0 aromatic heterocycles. The van der Waals surface area contributed by atoms with Gasteiger partial charge in [-0.2, -0.15) is 0 Å². The maximum atomic E-state index is 13.7. The summed E-state index contributed by atoms with van der Waals surface area (Å²) in [5.41, 5.74) is 7.95. The lowest BCUT2D eigenvalue weighted by Gasteiger charge is -2.28. The van der Waals surface area contributed by atoms with E-state index in [1.54, 1.807) is 26.0 Å². The first-order chi connectivity index (χ1) is 25.8. The second-order valence-corrected chi connectivity index (χ2v) is 14.7. The molecule has 0 radical (unpaired) electrons.